The topological polar surface area (TPSA) is 61.5 Å². The predicted octanol–water partition coefficient (Wildman–Crippen LogP) is 0.646. The molecule has 1 rings (SSSR count). The number of ether oxygens (including phenoxy) is 2. The summed E-state index contributed by atoms with van der Waals surface area (Å²) in [7, 11) is 3.06. The SMILES string of the molecule is COCCSCC(N)(C(=O)OC)C1CC1. The minimum absolute atomic E-state index is 0.282. The zero-order valence-electron chi connectivity index (χ0n) is 9.32. The number of carbonyl (C=O) groups is 1. The Morgan fingerprint density at radius 2 is 2.20 bits per heavy atom. The number of carbonyl (C=O) groups excluding carboxylic acids is 1. The lowest BCUT2D eigenvalue weighted by Gasteiger charge is -2.25. The van der Waals surface area contributed by atoms with E-state index in [2.05, 4.69) is 0 Å². The average molecular weight is 233 g/mol. The van der Waals surface area contributed by atoms with Crippen LogP contribution in [0.5, 0.6) is 0 Å². The summed E-state index contributed by atoms with van der Waals surface area (Å²) in [5, 5.41) is 0. The maximum absolute atomic E-state index is 11.6. The average Bonchev–Trinajstić information content (AvgIpc) is 3.06. The molecule has 1 unspecified atom stereocenters. The van der Waals surface area contributed by atoms with Crippen molar-refractivity contribution >= 4 is 17.7 Å². The largest absolute Gasteiger partial charge is 0.468 e. The highest BCUT2D eigenvalue weighted by molar-refractivity contribution is 7.99. The Kier molecular flexibility index (Phi) is 4.89. The van der Waals surface area contributed by atoms with E-state index in [0.29, 0.717) is 18.3 Å². The highest BCUT2D eigenvalue weighted by atomic mass is 32.2. The first-order valence-corrected chi connectivity index (χ1v) is 6.24. The molecule has 0 amide bonds. The van der Waals surface area contributed by atoms with Gasteiger partial charge in [-0.2, -0.15) is 11.8 Å². The lowest BCUT2D eigenvalue weighted by molar-refractivity contribution is -0.146. The maximum Gasteiger partial charge on any atom is 0.326 e. The van der Waals surface area contributed by atoms with Gasteiger partial charge in [0.15, 0.2) is 0 Å². The number of hydrogen-bond acceptors (Lipinski definition) is 5. The molecule has 0 aromatic rings. The second kappa shape index (κ2) is 5.72. The predicted molar refractivity (Wildman–Crippen MR) is 60.9 cm³/mol. The quantitative estimate of drug-likeness (QED) is 0.516. The molecule has 1 aliphatic rings. The van der Waals surface area contributed by atoms with Crippen LogP contribution in [0.2, 0.25) is 0 Å². The first-order valence-electron chi connectivity index (χ1n) is 5.09. The van der Waals surface area contributed by atoms with Crippen molar-refractivity contribution in [2.75, 3.05) is 32.3 Å². The van der Waals surface area contributed by atoms with E-state index >= 15 is 0 Å². The van der Waals surface area contributed by atoms with E-state index in [9.17, 15) is 4.79 Å². The van der Waals surface area contributed by atoms with Crippen molar-refractivity contribution in [1.29, 1.82) is 0 Å². The molecule has 0 radical (unpaired) electrons. The Morgan fingerprint density at radius 3 is 2.67 bits per heavy atom. The number of thioether (sulfide) groups is 1. The van der Waals surface area contributed by atoms with Gasteiger partial charge in [-0.3, -0.25) is 4.79 Å². The lowest BCUT2D eigenvalue weighted by atomic mass is 9.97. The number of esters is 1. The lowest BCUT2D eigenvalue weighted by Crippen LogP contribution is -2.53. The van der Waals surface area contributed by atoms with Crippen LogP contribution >= 0.6 is 11.8 Å². The van der Waals surface area contributed by atoms with Gasteiger partial charge < -0.3 is 15.2 Å². The van der Waals surface area contributed by atoms with Gasteiger partial charge in [-0.15, -0.1) is 0 Å². The Balaban J connectivity index is 2.39. The number of nitrogens with two attached hydrogens (primary N) is 1. The van der Waals surface area contributed by atoms with Crippen LogP contribution in [0, 0.1) is 5.92 Å². The third kappa shape index (κ3) is 3.36. The number of methoxy groups -OCH3 is 2. The highest BCUT2D eigenvalue weighted by Crippen LogP contribution is 2.40. The fourth-order valence-electron chi connectivity index (χ4n) is 1.52. The molecule has 2 N–H and O–H groups in total. The molecule has 15 heavy (non-hydrogen) atoms. The van der Waals surface area contributed by atoms with Crippen molar-refractivity contribution in [2.24, 2.45) is 11.7 Å². The van der Waals surface area contributed by atoms with E-state index in [0.717, 1.165) is 18.6 Å². The normalized spacial score (nSPS) is 19.7. The zero-order valence-corrected chi connectivity index (χ0v) is 10.1. The van der Waals surface area contributed by atoms with Crippen molar-refractivity contribution in [3.63, 3.8) is 0 Å². The van der Waals surface area contributed by atoms with Gasteiger partial charge in [-0.25, -0.2) is 0 Å². The van der Waals surface area contributed by atoms with Crippen LogP contribution in [0.4, 0.5) is 0 Å². The third-order valence-electron chi connectivity index (χ3n) is 2.64. The maximum atomic E-state index is 11.6. The summed E-state index contributed by atoms with van der Waals surface area (Å²) in [4.78, 5) is 11.6. The van der Waals surface area contributed by atoms with Crippen LogP contribution in [0.3, 0.4) is 0 Å². The molecule has 0 saturated heterocycles. The van der Waals surface area contributed by atoms with Gasteiger partial charge in [0.1, 0.15) is 5.54 Å². The molecule has 0 heterocycles. The van der Waals surface area contributed by atoms with Crippen molar-refractivity contribution in [1.82, 2.24) is 0 Å². The molecule has 0 aliphatic heterocycles. The summed E-state index contributed by atoms with van der Waals surface area (Å²) >= 11 is 1.65. The zero-order chi connectivity index (χ0) is 11.3. The fourth-order valence-corrected chi connectivity index (χ4v) is 2.64. The summed E-state index contributed by atoms with van der Waals surface area (Å²) in [5.74, 6) is 1.50. The van der Waals surface area contributed by atoms with Gasteiger partial charge in [-0.1, -0.05) is 0 Å². The smallest absolute Gasteiger partial charge is 0.326 e. The summed E-state index contributed by atoms with van der Waals surface area (Å²) < 4.78 is 9.71. The van der Waals surface area contributed by atoms with Crippen LogP contribution < -0.4 is 5.73 Å². The molecule has 1 fully saturated rings. The summed E-state index contributed by atoms with van der Waals surface area (Å²) in [6, 6.07) is 0. The molecule has 0 aromatic heterocycles. The van der Waals surface area contributed by atoms with E-state index in [4.69, 9.17) is 15.2 Å². The molecule has 1 aliphatic carbocycles. The van der Waals surface area contributed by atoms with E-state index < -0.39 is 5.54 Å². The Bertz CT molecular complexity index is 221. The standard InChI is InChI=1S/C10H19NO3S/c1-13-5-6-15-7-10(11,8-3-4-8)9(12)14-2/h8H,3-7,11H2,1-2H3. The minimum atomic E-state index is -0.785. The molecule has 88 valence electrons. The first-order chi connectivity index (χ1) is 7.15. The molecule has 4 nitrogen and oxygen atoms in total. The van der Waals surface area contributed by atoms with Crippen LogP contribution in [0.15, 0.2) is 0 Å². The summed E-state index contributed by atoms with van der Waals surface area (Å²) in [6.07, 6.45) is 2.08. The Morgan fingerprint density at radius 1 is 1.53 bits per heavy atom. The van der Waals surface area contributed by atoms with Gasteiger partial charge in [-0.05, 0) is 18.8 Å². The fraction of sp³-hybridized carbons (Fsp3) is 0.900. The summed E-state index contributed by atoms with van der Waals surface area (Å²) in [5.41, 5.74) is 5.32. The Hall–Kier alpha value is -0.260. The van der Waals surface area contributed by atoms with Gasteiger partial charge in [0, 0.05) is 18.6 Å². The van der Waals surface area contributed by atoms with Gasteiger partial charge >= 0.3 is 5.97 Å². The second-order valence-electron chi connectivity index (χ2n) is 3.85. The van der Waals surface area contributed by atoms with Crippen LogP contribution in [0.1, 0.15) is 12.8 Å². The molecule has 0 aromatic carbocycles. The molecular weight excluding hydrogens is 214 g/mol. The van der Waals surface area contributed by atoms with Crippen LogP contribution in [-0.4, -0.2) is 43.8 Å². The van der Waals surface area contributed by atoms with E-state index in [1.807, 2.05) is 0 Å². The second-order valence-corrected chi connectivity index (χ2v) is 4.96. The first kappa shape index (κ1) is 12.8. The van der Waals surface area contributed by atoms with Gasteiger partial charge in [0.25, 0.3) is 0 Å². The van der Waals surface area contributed by atoms with Crippen molar-refractivity contribution in [2.45, 2.75) is 18.4 Å². The molecule has 0 spiro atoms. The van der Waals surface area contributed by atoms with E-state index in [1.54, 1.807) is 18.9 Å². The van der Waals surface area contributed by atoms with E-state index in [-0.39, 0.29) is 5.97 Å². The van der Waals surface area contributed by atoms with Gasteiger partial charge in [0.2, 0.25) is 0 Å². The Labute approximate surface area is 94.9 Å². The molecule has 5 heteroatoms. The van der Waals surface area contributed by atoms with Crippen LogP contribution in [-0.2, 0) is 14.3 Å². The highest BCUT2D eigenvalue weighted by Gasteiger charge is 2.48. The van der Waals surface area contributed by atoms with E-state index in [1.165, 1.54) is 7.11 Å². The molecular formula is C10H19NO3S. The van der Waals surface area contributed by atoms with Gasteiger partial charge in [0.05, 0.1) is 13.7 Å². The summed E-state index contributed by atoms with van der Waals surface area (Å²) in [6.45, 7) is 0.687. The third-order valence-corrected chi connectivity index (χ3v) is 3.78. The minimum Gasteiger partial charge on any atom is -0.468 e. The number of rotatable bonds is 7. The van der Waals surface area contributed by atoms with Crippen molar-refractivity contribution < 1.29 is 14.3 Å². The monoisotopic (exact) mass is 233 g/mol. The molecule has 1 saturated carbocycles. The van der Waals surface area contributed by atoms with Crippen LogP contribution in [0.25, 0.3) is 0 Å². The molecule has 1 atom stereocenters. The van der Waals surface area contributed by atoms with Crippen molar-refractivity contribution in [3.8, 4) is 0 Å². The van der Waals surface area contributed by atoms with Crippen molar-refractivity contribution in [3.05, 3.63) is 0 Å². The number of hydrogen-bond donors (Lipinski definition) is 1. The molecule has 0 bridgehead atoms.